The van der Waals surface area contributed by atoms with Gasteiger partial charge in [-0.2, -0.15) is 0 Å². The lowest BCUT2D eigenvalue weighted by atomic mass is 10.0. The van der Waals surface area contributed by atoms with Gasteiger partial charge in [0, 0.05) is 32.2 Å². The number of ether oxygens (including phenoxy) is 2. The zero-order valence-corrected chi connectivity index (χ0v) is 37.9. The number of allylic oxidation sites excluding steroid dienone is 6. The minimum absolute atomic E-state index is 0.0284. The normalized spacial score (nSPS) is 14.2. The van der Waals surface area contributed by atoms with Crippen LogP contribution in [0.3, 0.4) is 0 Å². The van der Waals surface area contributed by atoms with Crippen LogP contribution < -0.4 is 5.73 Å². The Hall–Kier alpha value is -2.79. The molecule has 4 N–H and O–H groups in total. The lowest BCUT2D eigenvalue weighted by Crippen LogP contribution is -2.29. The molecular formula is C47H80NO10P. The molecule has 0 spiro atoms. The molecule has 0 aliphatic carbocycles. The molecule has 0 aliphatic heterocycles. The molecule has 0 aliphatic rings. The van der Waals surface area contributed by atoms with Gasteiger partial charge in [-0.3, -0.25) is 18.6 Å². The maximum Gasteiger partial charge on any atom is 0.472 e. The monoisotopic (exact) mass is 850 g/mol. The van der Waals surface area contributed by atoms with Crippen molar-refractivity contribution in [3.05, 3.63) is 71.3 Å². The van der Waals surface area contributed by atoms with Crippen molar-refractivity contribution in [2.45, 2.75) is 188 Å². The first-order valence-corrected chi connectivity index (χ1v) is 24.1. The predicted octanol–water partition coefficient (Wildman–Crippen LogP) is 11.3. The van der Waals surface area contributed by atoms with E-state index in [4.69, 9.17) is 28.7 Å². The number of carbonyl (C=O) groups excluding carboxylic acids is 2. The summed E-state index contributed by atoms with van der Waals surface area (Å²) in [6.45, 7) is 7.83. The van der Waals surface area contributed by atoms with Crippen LogP contribution in [-0.4, -0.2) is 60.5 Å². The number of aliphatic hydroxyl groups is 1. The second-order valence-electron chi connectivity index (χ2n) is 15.3. The van der Waals surface area contributed by atoms with Gasteiger partial charge in [0.15, 0.2) is 6.10 Å². The second-order valence-corrected chi connectivity index (χ2v) is 16.8. The quantitative estimate of drug-likeness (QED) is 0.0190. The van der Waals surface area contributed by atoms with Gasteiger partial charge in [0.2, 0.25) is 0 Å². The first-order valence-electron chi connectivity index (χ1n) is 22.6. The van der Waals surface area contributed by atoms with Crippen molar-refractivity contribution in [2.24, 2.45) is 5.73 Å². The van der Waals surface area contributed by atoms with Crippen LogP contribution in [0.2, 0.25) is 0 Å². The van der Waals surface area contributed by atoms with Gasteiger partial charge in [0.05, 0.1) is 19.3 Å². The van der Waals surface area contributed by atoms with Crippen LogP contribution in [0.4, 0.5) is 0 Å². The summed E-state index contributed by atoms with van der Waals surface area (Å²) in [6.07, 6.45) is 35.7. The van der Waals surface area contributed by atoms with E-state index >= 15 is 0 Å². The number of hydrogen-bond donors (Lipinski definition) is 3. The molecule has 0 saturated heterocycles. The van der Waals surface area contributed by atoms with Crippen LogP contribution in [0.25, 0.3) is 0 Å². The first-order chi connectivity index (χ1) is 28.5. The summed E-state index contributed by atoms with van der Waals surface area (Å²) in [5.41, 5.74) is 7.98. The van der Waals surface area contributed by atoms with Crippen LogP contribution in [-0.2, 0) is 45.5 Å². The Balaban J connectivity index is 2.32. The summed E-state index contributed by atoms with van der Waals surface area (Å²) < 4.78 is 39.0. The van der Waals surface area contributed by atoms with Crippen molar-refractivity contribution in [1.82, 2.24) is 0 Å². The highest BCUT2D eigenvalue weighted by Crippen LogP contribution is 2.43. The summed E-state index contributed by atoms with van der Waals surface area (Å²) in [5, 5.41) is 10.1. The maximum absolute atomic E-state index is 12.7. The van der Waals surface area contributed by atoms with Crippen molar-refractivity contribution in [3.8, 4) is 0 Å². The highest BCUT2D eigenvalue weighted by Gasteiger charge is 2.26. The number of nitrogens with two attached hydrogens (primary N) is 1. The fourth-order valence-electron chi connectivity index (χ4n) is 6.30. The molecule has 1 rings (SSSR count). The Bertz CT molecular complexity index is 1400. The number of furan rings is 1. The molecule has 59 heavy (non-hydrogen) atoms. The van der Waals surface area contributed by atoms with Gasteiger partial charge < -0.3 is 29.6 Å². The van der Waals surface area contributed by atoms with Crippen LogP contribution >= 0.6 is 7.82 Å². The van der Waals surface area contributed by atoms with Crippen molar-refractivity contribution in [3.63, 3.8) is 0 Å². The highest BCUT2D eigenvalue weighted by atomic mass is 31.2. The minimum atomic E-state index is -4.42. The molecule has 0 radical (unpaired) electrons. The van der Waals surface area contributed by atoms with Crippen molar-refractivity contribution in [2.75, 3.05) is 26.4 Å². The maximum atomic E-state index is 12.7. The van der Waals surface area contributed by atoms with Crippen LogP contribution in [0.5, 0.6) is 0 Å². The van der Waals surface area contributed by atoms with E-state index in [0.717, 1.165) is 69.3 Å². The van der Waals surface area contributed by atoms with E-state index < -0.39 is 38.6 Å². The van der Waals surface area contributed by atoms with E-state index in [1.165, 1.54) is 62.5 Å². The number of unbranched alkanes of at least 4 members (excludes halogenated alkanes) is 13. The summed E-state index contributed by atoms with van der Waals surface area (Å²) >= 11 is 0. The van der Waals surface area contributed by atoms with Crippen LogP contribution in [0.1, 0.15) is 171 Å². The van der Waals surface area contributed by atoms with Crippen molar-refractivity contribution in [1.29, 1.82) is 0 Å². The molecule has 0 saturated carbocycles. The third-order valence-electron chi connectivity index (χ3n) is 10.0. The van der Waals surface area contributed by atoms with Crippen molar-refractivity contribution < 1.29 is 47.1 Å². The third-order valence-corrected chi connectivity index (χ3v) is 11.0. The van der Waals surface area contributed by atoms with Gasteiger partial charge in [-0.15, -0.1) is 0 Å². The zero-order valence-electron chi connectivity index (χ0n) is 37.1. The van der Waals surface area contributed by atoms with Crippen LogP contribution in [0.15, 0.2) is 53.0 Å². The number of aryl methyl sites for hydroxylation is 2. The number of rotatable bonds is 38. The van der Waals surface area contributed by atoms with Gasteiger partial charge >= 0.3 is 19.8 Å². The Labute approximate surface area is 356 Å². The lowest BCUT2D eigenvalue weighted by molar-refractivity contribution is -0.161. The smallest absolute Gasteiger partial charge is 0.466 e. The van der Waals surface area contributed by atoms with E-state index in [-0.39, 0.29) is 32.6 Å². The van der Waals surface area contributed by atoms with Crippen LogP contribution in [0, 0.1) is 13.8 Å². The Morgan fingerprint density at radius 3 is 1.98 bits per heavy atom. The highest BCUT2D eigenvalue weighted by molar-refractivity contribution is 7.47. The summed E-state index contributed by atoms with van der Waals surface area (Å²) in [7, 11) is -4.42. The molecule has 1 aromatic heterocycles. The van der Waals surface area contributed by atoms with E-state index in [1.807, 2.05) is 36.5 Å². The average molecular weight is 850 g/mol. The van der Waals surface area contributed by atoms with E-state index in [0.29, 0.717) is 25.7 Å². The van der Waals surface area contributed by atoms with Gasteiger partial charge in [0.1, 0.15) is 18.1 Å². The Morgan fingerprint density at radius 2 is 1.31 bits per heavy atom. The van der Waals surface area contributed by atoms with Gasteiger partial charge in [-0.05, 0) is 82.8 Å². The lowest BCUT2D eigenvalue weighted by Gasteiger charge is -2.19. The van der Waals surface area contributed by atoms with Gasteiger partial charge in [0.25, 0.3) is 0 Å². The van der Waals surface area contributed by atoms with Crippen molar-refractivity contribution >= 4 is 19.8 Å². The van der Waals surface area contributed by atoms with E-state index in [1.54, 1.807) is 6.08 Å². The molecule has 1 aromatic rings. The molecule has 0 amide bonds. The number of esters is 2. The molecule has 1 heterocycles. The molecule has 3 atom stereocenters. The molecule has 0 bridgehead atoms. The number of phosphoric acid groups is 1. The second kappa shape index (κ2) is 35.9. The SMILES string of the molecule is CCCCC/C=C\C=C/[C@@H](O)C/C=C\C/C=C/CCCC(=O)OC[C@H](COP(=O)(O)OCCN)OC(=O)CCCCCCCCCCc1oc(CCCCC)c(C)c1C. The standard InChI is InChI=1S/C47H80NO10P/c1-5-7-9-10-14-19-25-30-42(49)31-26-20-15-13-18-22-28-34-46(50)54-38-43(39-56-59(52,53)55-37-36-48)57-47(51)35-29-23-17-12-11-16-21-27-33-45-41(4)40(3)44(58-45)32-24-8-6-2/h13-14,18-20,25-26,30,42-43,49H,5-12,15-17,21-24,27-29,31-39,48H2,1-4H3,(H,52,53)/b18-13+,19-14-,26-20-,30-25-/t42-,43-/m1/s1. The largest absolute Gasteiger partial charge is 0.472 e. The van der Waals surface area contributed by atoms with E-state index in [9.17, 15) is 24.2 Å². The topological polar surface area (TPSA) is 168 Å². The number of aliphatic hydroxyl groups excluding tert-OH is 1. The Kier molecular flexibility index (Phi) is 33.0. The summed E-state index contributed by atoms with van der Waals surface area (Å²) in [5.74, 6) is 1.35. The summed E-state index contributed by atoms with van der Waals surface area (Å²) in [4.78, 5) is 35.0. The van der Waals surface area contributed by atoms with Gasteiger partial charge in [-0.1, -0.05) is 127 Å². The van der Waals surface area contributed by atoms with E-state index in [2.05, 4.69) is 33.8 Å². The zero-order chi connectivity index (χ0) is 43.4. The third kappa shape index (κ3) is 30.0. The minimum Gasteiger partial charge on any atom is -0.466 e. The molecule has 338 valence electrons. The predicted molar refractivity (Wildman–Crippen MR) is 238 cm³/mol. The molecule has 0 fully saturated rings. The molecule has 12 heteroatoms. The summed E-state index contributed by atoms with van der Waals surface area (Å²) in [6, 6.07) is 0. The Morgan fingerprint density at radius 1 is 0.712 bits per heavy atom. The molecule has 11 nitrogen and oxygen atoms in total. The number of phosphoric ester groups is 1. The first kappa shape index (κ1) is 54.2. The fourth-order valence-corrected chi connectivity index (χ4v) is 7.06. The number of hydrogen-bond acceptors (Lipinski definition) is 10. The molecular weight excluding hydrogens is 769 g/mol. The number of carbonyl (C=O) groups is 2. The fraction of sp³-hybridized carbons (Fsp3) is 0.702. The molecule has 0 aromatic carbocycles. The van der Waals surface area contributed by atoms with Gasteiger partial charge in [-0.25, -0.2) is 4.57 Å². The average Bonchev–Trinajstić information content (AvgIpc) is 3.48. The molecule has 1 unspecified atom stereocenters.